The molecular weight excluding hydrogens is 462 g/mol. The molecule has 0 saturated carbocycles. The number of aromatic nitrogens is 1. The zero-order valence-corrected chi connectivity index (χ0v) is 20.0. The van der Waals surface area contributed by atoms with Crippen LogP contribution >= 0.6 is 0 Å². The third-order valence-corrected chi connectivity index (χ3v) is 6.53. The molecule has 6 nitrogen and oxygen atoms in total. The van der Waals surface area contributed by atoms with Crippen molar-refractivity contribution < 1.29 is 13.5 Å². The molecule has 186 valence electrons. The molecule has 1 aromatic heterocycles. The van der Waals surface area contributed by atoms with Crippen LogP contribution in [0.2, 0.25) is 0 Å². The molecular formula is C28H28F2N4O2. The summed E-state index contributed by atoms with van der Waals surface area (Å²) in [6.45, 7) is 1.31. The molecule has 1 N–H and O–H groups in total. The lowest BCUT2D eigenvalue weighted by Crippen LogP contribution is -2.44. The third kappa shape index (κ3) is 5.33. The molecule has 4 aromatic rings. The van der Waals surface area contributed by atoms with Crippen LogP contribution in [0.1, 0.15) is 5.56 Å². The van der Waals surface area contributed by atoms with Gasteiger partial charge in [-0.25, -0.2) is 0 Å². The Balaban J connectivity index is 1.40. The second kappa shape index (κ2) is 10.4. The van der Waals surface area contributed by atoms with Crippen molar-refractivity contribution in [3.8, 4) is 5.75 Å². The molecule has 0 aliphatic carbocycles. The molecule has 1 aliphatic rings. The van der Waals surface area contributed by atoms with Crippen molar-refractivity contribution in [2.75, 3.05) is 43.4 Å². The van der Waals surface area contributed by atoms with Gasteiger partial charge in [0.15, 0.2) is 0 Å². The number of piperazine rings is 1. The number of fused-ring (bicyclic) bond motifs is 1. The third-order valence-electron chi connectivity index (χ3n) is 6.53. The number of benzene rings is 3. The summed E-state index contributed by atoms with van der Waals surface area (Å²) >= 11 is 0. The van der Waals surface area contributed by atoms with E-state index in [0.717, 1.165) is 42.9 Å². The maximum Gasteiger partial charge on any atom is 0.387 e. The highest BCUT2D eigenvalue weighted by Crippen LogP contribution is 2.26. The molecule has 3 aromatic carbocycles. The maximum absolute atomic E-state index is 12.9. The van der Waals surface area contributed by atoms with Gasteiger partial charge in [0, 0.05) is 54.9 Å². The van der Waals surface area contributed by atoms with Gasteiger partial charge in [-0.1, -0.05) is 24.3 Å². The standard InChI is InChI=1S/C28H28F2N4O2/c1-32-14-16-33(17-15-32)24-11-9-22(10-12-24)31-23-8-6-20-7-13-27(35)34(25(20)18-23)19-21-4-2-3-5-26(21)36-28(29)30/h2-13,18,28,31H,14-17,19H2,1H3. The van der Waals surface area contributed by atoms with Crippen LogP contribution in [0.25, 0.3) is 10.9 Å². The van der Waals surface area contributed by atoms with Gasteiger partial charge in [-0.05, 0) is 61.0 Å². The smallest absolute Gasteiger partial charge is 0.387 e. The predicted octanol–water partition coefficient (Wildman–Crippen LogP) is 5.15. The van der Waals surface area contributed by atoms with Crippen LogP contribution in [0.4, 0.5) is 25.8 Å². The summed E-state index contributed by atoms with van der Waals surface area (Å²) in [7, 11) is 2.14. The van der Waals surface area contributed by atoms with Crippen molar-refractivity contribution in [1.29, 1.82) is 0 Å². The normalized spacial score (nSPS) is 14.4. The summed E-state index contributed by atoms with van der Waals surface area (Å²) in [6, 6.07) is 23.9. The number of halogens is 2. The first-order valence-corrected chi connectivity index (χ1v) is 11.9. The van der Waals surface area contributed by atoms with E-state index in [1.807, 2.05) is 30.3 Å². The lowest BCUT2D eigenvalue weighted by molar-refractivity contribution is -0.0504. The van der Waals surface area contributed by atoms with Gasteiger partial charge >= 0.3 is 6.61 Å². The molecule has 5 rings (SSSR count). The number of ether oxygens (including phenoxy) is 1. The number of hydrogen-bond acceptors (Lipinski definition) is 5. The molecule has 1 fully saturated rings. The minimum atomic E-state index is -2.94. The van der Waals surface area contributed by atoms with Gasteiger partial charge in [-0.15, -0.1) is 0 Å². The predicted molar refractivity (Wildman–Crippen MR) is 140 cm³/mol. The molecule has 36 heavy (non-hydrogen) atoms. The molecule has 0 atom stereocenters. The summed E-state index contributed by atoms with van der Waals surface area (Å²) in [6.07, 6.45) is 0. The number of pyridine rings is 1. The minimum absolute atomic E-state index is 0.0612. The molecule has 1 saturated heterocycles. The topological polar surface area (TPSA) is 49.7 Å². The molecule has 1 aliphatic heterocycles. The summed E-state index contributed by atoms with van der Waals surface area (Å²) in [4.78, 5) is 17.5. The van der Waals surface area contributed by atoms with Crippen molar-refractivity contribution in [2.24, 2.45) is 0 Å². The zero-order chi connectivity index (χ0) is 25.1. The second-order valence-corrected chi connectivity index (χ2v) is 8.98. The Morgan fingerprint density at radius 1 is 0.889 bits per heavy atom. The summed E-state index contributed by atoms with van der Waals surface area (Å²) in [5.74, 6) is 0.0612. The van der Waals surface area contributed by atoms with Gasteiger partial charge in [0.1, 0.15) is 5.75 Å². The Kier molecular flexibility index (Phi) is 6.86. The van der Waals surface area contributed by atoms with Crippen molar-refractivity contribution >= 4 is 28.0 Å². The van der Waals surface area contributed by atoms with Crippen LogP contribution in [0.3, 0.4) is 0 Å². The van der Waals surface area contributed by atoms with Crippen molar-refractivity contribution in [2.45, 2.75) is 13.2 Å². The van der Waals surface area contributed by atoms with E-state index in [1.165, 1.54) is 17.8 Å². The summed E-state index contributed by atoms with van der Waals surface area (Å²) < 4.78 is 32.0. The zero-order valence-electron chi connectivity index (χ0n) is 20.0. The van der Waals surface area contributed by atoms with Gasteiger partial charge in [0.25, 0.3) is 5.56 Å². The van der Waals surface area contributed by atoms with Crippen LogP contribution in [0, 0.1) is 0 Å². The molecule has 8 heteroatoms. The second-order valence-electron chi connectivity index (χ2n) is 8.98. The van der Waals surface area contributed by atoms with Gasteiger partial charge in [0.05, 0.1) is 12.1 Å². The molecule has 0 radical (unpaired) electrons. The van der Waals surface area contributed by atoms with Crippen molar-refractivity contribution in [3.05, 3.63) is 94.8 Å². The highest BCUT2D eigenvalue weighted by atomic mass is 19.3. The van der Waals surface area contributed by atoms with Crippen LogP contribution in [-0.4, -0.2) is 49.3 Å². The fourth-order valence-corrected chi connectivity index (χ4v) is 4.53. The molecule has 0 spiro atoms. The number of para-hydroxylation sites is 1. The first-order valence-electron chi connectivity index (χ1n) is 11.9. The van der Waals surface area contributed by atoms with E-state index in [2.05, 4.69) is 39.0 Å². The molecule has 0 unspecified atom stereocenters. The number of hydrogen-bond donors (Lipinski definition) is 1. The number of likely N-dealkylation sites (N-methyl/N-ethyl adjacent to an activating group) is 1. The Morgan fingerprint density at radius 3 is 2.33 bits per heavy atom. The fourth-order valence-electron chi connectivity index (χ4n) is 4.53. The average Bonchev–Trinajstić information content (AvgIpc) is 2.87. The van der Waals surface area contributed by atoms with E-state index in [4.69, 9.17) is 0 Å². The van der Waals surface area contributed by atoms with E-state index in [0.29, 0.717) is 11.1 Å². The van der Waals surface area contributed by atoms with Crippen LogP contribution in [0.5, 0.6) is 5.75 Å². The number of rotatable bonds is 7. The van der Waals surface area contributed by atoms with E-state index in [1.54, 1.807) is 28.8 Å². The molecule has 2 heterocycles. The first-order chi connectivity index (χ1) is 17.5. The Labute approximate surface area is 208 Å². The number of nitrogens with one attached hydrogen (secondary N) is 1. The quantitative estimate of drug-likeness (QED) is 0.389. The summed E-state index contributed by atoms with van der Waals surface area (Å²) in [5.41, 5.74) is 3.95. The monoisotopic (exact) mass is 490 g/mol. The highest BCUT2D eigenvalue weighted by Gasteiger charge is 2.15. The van der Waals surface area contributed by atoms with Crippen molar-refractivity contribution in [3.63, 3.8) is 0 Å². The van der Waals surface area contributed by atoms with Gasteiger partial charge in [-0.2, -0.15) is 8.78 Å². The van der Waals surface area contributed by atoms with Gasteiger partial charge in [-0.3, -0.25) is 4.79 Å². The number of anilines is 3. The lowest BCUT2D eigenvalue weighted by atomic mass is 10.1. The fraction of sp³-hybridized carbons (Fsp3) is 0.250. The van der Waals surface area contributed by atoms with E-state index in [9.17, 15) is 13.6 Å². The van der Waals surface area contributed by atoms with Crippen LogP contribution < -0.4 is 20.5 Å². The van der Waals surface area contributed by atoms with Gasteiger partial charge < -0.3 is 24.4 Å². The van der Waals surface area contributed by atoms with Crippen LogP contribution in [-0.2, 0) is 6.54 Å². The Morgan fingerprint density at radius 2 is 1.58 bits per heavy atom. The average molecular weight is 491 g/mol. The maximum atomic E-state index is 12.9. The Hall–Kier alpha value is -3.91. The van der Waals surface area contributed by atoms with Crippen molar-refractivity contribution in [1.82, 2.24) is 9.47 Å². The number of alkyl halides is 2. The first kappa shape index (κ1) is 23.8. The Bertz CT molecular complexity index is 1400. The largest absolute Gasteiger partial charge is 0.434 e. The SMILES string of the molecule is CN1CCN(c2ccc(Nc3ccc4ccc(=O)n(Cc5ccccc5OC(F)F)c4c3)cc2)CC1. The van der Waals surface area contributed by atoms with E-state index < -0.39 is 6.61 Å². The van der Waals surface area contributed by atoms with E-state index in [-0.39, 0.29) is 17.9 Å². The number of nitrogens with zero attached hydrogens (tertiary/aromatic N) is 3. The minimum Gasteiger partial charge on any atom is -0.434 e. The molecule has 0 bridgehead atoms. The lowest BCUT2D eigenvalue weighted by Gasteiger charge is -2.34. The van der Waals surface area contributed by atoms with E-state index >= 15 is 0 Å². The highest BCUT2D eigenvalue weighted by molar-refractivity contribution is 5.84. The molecule has 0 amide bonds. The van der Waals surface area contributed by atoms with Gasteiger partial charge in [0.2, 0.25) is 0 Å². The summed E-state index contributed by atoms with van der Waals surface area (Å²) in [5, 5.41) is 4.29. The van der Waals surface area contributed by atoms with Crippen LogP contribution in [0.15, 0.2) is 83.7 Å².